The monoisotopic (exact) mass is 420 g/mol. The molecule has 0 atom stereocenters. The zero-order valence-electron chi connectivity index (χ0n) is 12.7. The molecule has 0 unspecified atom stereocenters. The first-order valence-electron chi connectivity index (χ1n) is 7.34. The van der Waals surface area contributed by atoms with Crippen molar-refractivity contribution in [1.82, 2.24) is 4.57 Å². The molecule has 3 aromatic rings. The topological polar surface area (TPSA) is 49.0 Å². The van der Waals surface area contributed by atoms with Crippen molar-refractivity contribution in [3.05, 3.63) is 57.7 Å². The van der Waals surface area contributed by atoms with Crippen molar-refractivity contribution < 1.29 is 5.11 Å². The molecule has 0 radical (unpaired) electrons. The molecule has 24 heavy (non-hydrogen) atoms. The number of halogens is 2. The second kappa shape index (κ2) is 7.62. The molecule has 3 rings (SSSR count). The van der Waals surface area contributed by atoms with Crippen LogP contribution in [0.25, 0.3) is 16.6 Å². The summed E-state index contributed by atoms with van der Waals surface area (Å²) in [6.45, 7) is -0.00183. The van der Waals surface area contributed by atoms with Gasteiger partial charge in [-0.3, -0.25) is 0 Å². The third-order valence-electron chi connectivity index (χ3n) is 3.69. The molecule has 3 nitrogen and oxygen atoms in total. The first kappa shape index (κ1) is 17.4. The first-order chi connectivity index (χ1) is 11.6. The number of nitriles is 1. The van der Waals surface area contributed by atoms with E-state index in [4.69, 9.17) is 16.9 Å². The van der Waals surface area contributed by atoms with Crippen molar-refractivity contribution >= 4 is 50.2 Å². The second-order valence-corrected chi connectivity index (χ2v) is 7.64. The van der Waals surface area contributed by atoms with Crippen LogP contribution in [0, 0.1) is 11.3 Å². The Balaban J connectivity index is 2.11. The van der Waals surface area contributed by atoms with Gasteiger partial charge in [0.2, 0.25) is 0 Å². The Morgan fingerprint density at radius 1 is 1.25 bits per heavy atom. The summed E-state index contributed by atoms with van der Waals surface area (Å²) in [6, 6.07) is 13.9. The van der Waals surface area contributed by atoms with Crippen molar-refractivity contribution in [3.8, 4) is 11.8 Å². The van der Waals surface area contributed by atoms with Gasteiger partial charge in [0.05, 0.1) is 18.2 Å². The summed E-state index contributed by atoms with van der Waals surface area (Å²) in [6.07, 6.45) is 2.58. The lowest BCUT2D eigenvalue weighted by Gasteiger charge is -2.08. The molecule has 1 heterocycles. The van der Waals surface area contributed by atoms with E-state index in [1.165, 1.54) is 0 Å². The first-order valence-corrected chi connectivity index (χ1v) is 9.49. The van der Waals surface area contributed by atoms with Crippen LogP contribution in [-0.4, -0.2) is 15.4 Å². The van der Waals surface area contributed by atoms with Crippen LogP contribution in [0.1, 0.15) is 12.0 Å². The fraction of sp³-hybridized carbons (Fsp3) is 0.167. The molecule has 0 spiro atoms. The van der Waals surface area contributed by atoms with Gasteiger partial charge in [0.15, 0.2) is 0 Å². The van der Waals surface area contributed by atoms with Gasteiger partial charge in [-0.25, -0.2) is 0 Å². The van der Waals surface area contributed by atoms with Crippen LogP contribution in [0.15, 0.2) is 52.0 Å². The predicted molar refractivity (Wildman–Crippen MR) is 103 cm³/mol. The van der Waals surface area contributed by atoms with Crippen molar-refractivity contribution in [2.75, 3.05) is 5.75 Å². The molecular formula is C18H14BrClN2OS. The van der Waals surface area contributed by atoms with Gasteiger partial charge in [0.25, 0.3) is 0 Å². The van der Waals surface area contributed by atoms with Crippen LogP contribution in [0.3, 0.4) is 0 Å². The average molecular weight is 422 g/mol. The molecular weight excluding hydrogens is 408 g/mol. The molecule has 0 aliphatic heterocycles. The van der Waals surface area contributed by atoms with Crippen LogP contribution < -0.4 is 0 Å². The Labute approximate surface area is 158 Å². The number of fused-ring (bicyclic) bond motifs is 1. The molecule has 1 aromatic heterocycles. The minimum Gasteiger partial charge on any atom is -0.392 e. The van der Waals surface area contributed by atoms with Crippen LogP contribution in [-0.2, 0) is 6.61 Å². The minimum absolute atomic E-state index is 0.00183. The highest BCUT2D eigenvalue weighted by Gasteiger charge is 2.12. The van der Waals surface area contributed by atoms with E-state index in [9.17, 15) is 5.11 Å². The largest absolute Gasteiger partial charge is 0.392 e. The molecule has 2 aromatic carbocycles. The number of rotatable bonds is 5. The Bertz CT molecular complexity index is 933. The maximum Gasteiger partial charge on any atom is 0.0692 e. The van der Waals surface area contributed by atoms with Gasteiger partial charge in [-0.2, -0.15) is 5.26 Å². The number of aliphatic hydroxyl groups is 1. The van der Waals surface area contributed by atoms with E-state index < -0.39 is 0 Å². The summed E-state index contributed by atoms with van der Waals surface area (Å²) < 4.78 is 2.98. The van der Waals surface area contributed by atoms with E-state index in [0.29, 0.717) is 11.4 Å². The van der Waals surface area contributed by atoms with Crippen molar-refractivity contribution in [2.45, 2.75) is 17.9 Å². The van der Waals surface area contributed by atoms with E-state index in [-0.39, 0.29) is 6.61 Å². The summed E-state index contributed by atoms with van der Waals surface area (Å²) in [4.78, 5) is 1.10. The molecule has 1 N–H and O–H groups in total. The number of aromatic nitrogens is 1. The summed E-state index contributed by atoms with van der Waals surface area (Å²) in [5.74, 6) is 0.745. The van der Waals surface area contributed by atoms with Gasteiger partial charge >= 0.3 is 0 Å². The van der Waals surface area contributed by atoms with Gasteiger partial charge in [0.1, 0.15) is 0 Å². The smallest absolute Gasteiger partial charge is 0.0692 e. The minimum atomic E-state index is -0.00183. The zero-order chi connectivity index (χ0) is 17.1. The van der Waals surface area contributed by atoms with Gasteiger partial charge in [-0.15, -0.1) is 11.8 Å². The molecule has 0 fully saturated rings. The van der Waals surface area contributed by atoms with Crippen LogP contribution in [0.2, 0.25) is 5.02 Å². The van der Waals surface area contributed by atoms with Gasteiger partial charge in [-0.05, 0) is 35.9 Å². The molecule has 0 aliphatic rings. The predicted octanol–water partition coefficient (Wildman–Crippen LogP) is 5.54. The van der Waals surface area contributed by atoms with Gasteiger partial charge in [-0.1, -0.05) is 33.6 Å². The van der Waals surface area contributed by atoms with Gasteiger partial charge in [0, 0.05) is 43.8 Å². The second-order valence-electron chi connectivity index (χ2n) is 5.22. The van der Waals surface area contributed by atoms with Crippen LogP contribution in [0.4, 0.5) is 0 Å². The third-order valence-corrected chi connectivity index (χ3v) is 5.70. The molecule has 122 valence electrons. The summed E-state index contributed by atoms with van der Waals surface area (Å²) in [5.41, 5.74) is 2.91. The maximum absolute atomic E-state index is 9.33. The Kier molecular flexibility index (Phi) is 5.52. The van der Waals surface area contributed by atoms with Crippen molar-refractivity contribution in [1.29, 1.82) is 5.26 Å². The molecule has 0 saturated heterocycles. The zero-order valence-corrected chi connectivity index (χ0v) is 15.8. The van der Waals surface area contributed by atoms with Crippen LogP contribution >= 0.6 is 39.3 Å². The van der Waals surface area contributed by atoms with Gasteiger partial charge < -0.3 is 9.67 Å². The third kappa shape index (κ3) is 3.47. The molecule has 0 aliphatic carbocycles. The van der Waals surface area contributed by atoms with Crippen molar-refractivity contribution in [2.24, 2.45) is 0 Å². The maximum atomic E-state index is 9.33. The van der Waals surface area contributed by atoms with Crippen molar-refractivity contribution in [3.63, 3.8) is 0 Å². The lowest BCUT2D eigenvalue weighted by molar-refractivity contribution is 0.281. The lowest BCUT2D eigenvalue weighted by atomic mass is 10.2. The Morgan fingerprint density at radius 3 is 2.79 bits per heavy atom. The highest BCUT2D eigenvalue weighted by molar-refractivity contribution is 9.10. The van der Waals surface area contributed by atoms with Crippen LogP contribution in [0.5, 0.6) is 0 Å². The quantitative estimate of drug-likeness (QED) is 0.434. The number of hydrogen-bond donors (Lipinski definition) is 1. The molecule has 0 bridgehead atoms. The SMILES string of the molecule is N#CCCSc1cn(-c2ccc(CO)c(Br)c2)c2ccc(Cl)cc12. The van der Waals surface area contributed by atoms with E-state index in [0.717, 1.165) is 37.3 Å². The van der Waals surface area contributed by atoms with E-state index in [2.05, 4.69) is 32.8 Å². The van der Waals surface area contributed by atoms with E-state index in [1.54, 1.807) is 11.8 Å². The molecule has 6 heteroatoms. The normalized spacial score (nSPS) is 10.9. The highest BCUT2D eigenvalue weighted by atomic mass is 79.9. The van der Waals surface area contributed by atoms with E-state index in [1.807, 2.05) is 36.4 Å². The summed E-state index contributed by atoms with van der Waals surface area (Å²) in [7, 11) is 0. The number of hydrogen-bond acceptors (Lipinski definition) is 3. The van der Waals surface area contributed by atoms with E-state index >= 15 is 0 Å². The number of nitrogens with zero attached hydrogens (tertiary/aromatic N) is 2. The number of benzene rings is 2. The average Bonchev–Trinajstić information content (AvgIpc) is 2.93. The number of aliphatic hydroxyl groups excluding tert-OH is 1. The number of thioether (sulfide) groups is 1. The highest BCUT2D eigenvalue weighted by Crippen LogP contribution is 2.34. The Morgan fingerprint density at radius 2 is 2.08 bits per heavy atom. The lowest BCUT2D eigenvalue weighted by Crippen LogP contribution is -1.94. The summed E-state index contributed by atoms with van der Waals surface area (Å²) >= 11 is 11.3. The molecule has 0 amide bonds. The Hall–Kier alpha value is -1.45. The fourth-order valence-corrected chi connectivity index (χ4v) is 4.10. The fourth-order valence-electron chi connectivity index (χ4n) is 2.52. The summed E-state index contributed by atoms with van der Waals surface area (Å²) in [5, 5.41) is 19.8. The molecule has 0 saturated carbocycles. The standard InChI is InChI=1S/C18H14BrClN2OS/c19-16-9-14(4-2-12(16)11-23)22-10-18(24-7-1-6-21)15-8-13(20)3-5-17(15)22/h2-5,8-10,23H,1,7,11H2.